The van der Waals surface area contributed by atoms with E-state index >= 15 is 0 Å². The predicted octanol–water partition coefficient (Wildman–Crippen LogP) is 4.60. The maximum atomic E-state index is 9.81. The number of nitrogens with one attached hydrogen (secondary N) is 2. The van der Waals surface area contributed by atoms with Gasteiger partial charge in [-0.1, -0.05) is 41.9 Å². The fraction of sp³-hybridized carbons (Fsp3) is 0.125. The standard InChI is InChI=1S/C24H19ClN8/c1-33-10-8-19(32-33)23-22(16-11-17-14-28-31-21(17)18(25)12-16)29-20(13-26)24(30-23)27-9-7-15-5-3-2-4-6-15/h2-6,8,10-12,14H,7,9H2,1H3,(H,27,30)(H,28,31). The lowest BCUT2D eigenvalue weighted by molar-refractivity contribution is 0.770. The molecule has 0 spiro atoms. The van der Waals surface area contributed by atoms with E-state index in [0.717, 1.165) is 22.9 Å². The van der Waals surface area contributed by atoms with Crippen LogP contribution in [-0.2, 0) is 13.5 Å². The average Bonchev–Trinajstić information content (AvgIpc) is 3.48. The third-order valence-electron chi connectivity index (χ3n) is 5.28. The van der Waals surface area contributed by atoms with Gasteiger partial charge < -0.3 is 5.32 Å². The van der Waals surface area contributed by atoms with E-state index in [2.05, 4.69) is 43.8 Å². The maximum Gasteiger partial charge on any atom is 0.183 e. The van der Waals surface area contributed by atoms with Gasteiger partial charge in [-0.3, -0.25) is 9.78 Å². The van der Waals surface area contributed by atoms with E-state index in [1.165, 1.54) is 5.56 Å². The van der Waals surface area contributed by atoms with Gasteiger partial charge >= 0.3 is 0 Å². The van der Waals surface area contributed by atoms with E-state index in [9.17, 15) is 5.26 Å². The van der Waals surface area contributed by atoms with Gasteiger partial charge in [0, 0.05) is 30.7 Å². The molecule has 2 N–H and O–H groups in total. The number of hydrogen-bond donors (Lipinski definition) is 2. The number of aromatic amines is 1. The molecule has 0 amide bonds. The highest BCUT2D eigenvalue weighted by atomic mass is 35.5. The quantitative estimate of drug-likeness (QED) is 0.388. The Morgan fingerprint density at radius 3 is 2.73 bits per heavy atom. The molecule has 0 fully saturated rings. The van der Waals surface area contributed by atoms with Crippen molar-refractivity contribution >= 4 is 28.3 Å². The number of benzene rings is 2. The predicted molar refractivity (Wildman–Crippen MR) is 128 cm³/mol. The number of fused-ring (bicyclic) bond motifs is 1. The molecule has 0 aliphatic carbocycles. The summed E-state index contributed by atoms with van der Waals surface area (Å²) in [5.41, 5.74) is 4.63. The number of aryl methyl sites for hydroxylation is 1. The van der Waals surface area contributed by atoms with Crippen LogP contribution in [0.25, 0.3) is 33.5 Å². The van der Waals surface area contributed by atoms with E-state index in [1.54, 1.807) is 16.9 Å². The van der Waals surface area contributed by atoms with Crippen LogP contribution in [0.4, 0.5) is 5.82 Å². The molecule has 33 heavy (non-hydrogen) atoms. The van der Waals surface area contributed by atoms with E-state index in [-0.39, 0.29) is 5.69 Å². The fourth-order valence-corrected chi connectivity index (χ4v) is 3.95. The molecule has 2 aromatic carbocycles. The molecule has 0 bridgehead atoms. The molecule has 0 unspecified atom stereocenters. The van der Waals surface area contributed by atoms with Crippen molar-refractivity contribution in [1.82, 2.24) is 29.9 Å². The van der Waals surface area contributed by atoms with E-state index in [4.69, 9.17) is 16.6 Å². The Morgan fingerprint density at radius 1 is 1.12 bits per heavy atom. The van der Waals surface area contributed by atoms with Crippen LogP contribution >= 0.6 is 11.6 Å². The van der Waals surface area contributed by atoms with Gasteiger partial charge in [-0.25, -0.2) is 9.97 Å². The molecule has 0 saturated heterocycles. The molecule has 9 heteroatoms. The second-order valence-corrected chi connectivity index (χ2v) is 7.97. The molecule has 0 atom stereocenters. The number of aromatic nitrogens is 6. The normalized spacial score (nSPS) is 10.9. The Bertz CT molecular complexity index is 1480. The van der Waals surface area contributed by atoms with E-state index in [1.807, 2.05) is 43.6 Å². The van der Waals surface area contributed by atoms with Gasteiger partial charge in [-0.2, -0.15) is 15.5 Å². The third-order valence-corrected chi connectivity index (χ3v) is 5.58. The van der Waals surface area contributed by atoms with E-state index < -0.39 is 0 Å². The summed E-state index contributed by atoms with van der Waals surface area (Å²) >= 11 is 6.47. The first-order chi connectivity index (χ1) is 16.1. The number of anilines is 1. The zero-order valence-corrected chi connectivity index (χ0v) is 18.5. The van der Waals surface area contributed by atoms with Crippen LogP contribution in [-0.4, -0.2) is 36.5 Å². The van der Waals surface area contributed by atoms with Crippen LogP contribution in [0.2, 0.25) is 5.02 Å². The summed E-state index contributed by atoms with van der Waals surface area (Å²) in [5, 5.41) is 25.9. The molecular weight excluding hydrogens is 436 g/mol. The molecule has 3 aromatic heterocycles. The van der Waals surface area contributed by atoms with Crippen LogP contribution in [0.3, 0.4) is 0 Å². The summed E-state index contributed by atoms with van der Waals surface area (Å²) in [4.78, 5) is 9.47. The highest BCUT2D eigenvalue weighted by molar-refractivity contribution is 6.35. The fourth-order valence-electron chi connectivity index (χ4n) is 3.68. The summed E-state index contributed by atoms with van der Waals surface area (Å²) in [5.74, 6) is 0.424. The van der Waals surface area contributed by atoms with Gasteiger partial charge in [0.15, 0.2) is 11.5 Å². The van der Waals surface area contributed by atoms with Crippen LogP contribution in [0, 0.1) is 11.3 Å². The zero-order chi connectivity index (χ0) is 22.8. The Kier molecular flexibility index (Phi) is 5.47. The van der Waals surface area contributed by atoms with Gasteiger partial charge in [0.25, 0.3) is 0 Å². The van der Waals surface area contributed by atoms with Crippen molar-refractivity contribution in [1.29, 1.82) is 5.26 Å². The van der Waals surface area contributed by atoms with Gasteiger partial charge in [0.05, 0.1) is 16.7 Å². The SMILES string of the molecule is Cn1ccc(-c2nc(NCCc3ccccc3)c(C#N)nc2-c2cc(Cl)c3[nH]ncc3c2)n1. The first kappa shape index (κ1) is 20.7. The second kappa shape index (κ2) is 8.73. The van der Waals surface area contributed by atoms with Crippen LogP contribution in [0.5, 0.6) is 0 Å². The highest BCUT2D eigenvalue weighted by Gasteiger charge is 2.20. The molecule has 8 nitrogen and oxygen atoms in total. The third kappa shape index (κ3) is 4.14. The number of hydrogen-bond acceptors (Lipinski definition) is 6. The molecule has 162 valence electrons. The van der Waals surface area contributed by atoms with Crippen molar-refractivity contribution in [2.24, 2.45) is 7.05 Å². The lowest BCUT2D eigenvalue weighted by atomic mass is 10.1. The minimum atomic E-state index is 0.209. The molecule has 0 aliphatic rings. The van der Waals surface area contributed by atoms with Crippen molar-refractivity contribution in [2.75, 3.05) is 11.9 Å². The molecule has 5 aromatic rings. The van der Waals surface area contributed by atoms with Gasteiger partial charge in [0.2, 0.25) is 0 Å². The Labute approximate surface area is 194 Å². The summed E-state index contributed by atoms with van der Waals surface area (Å²) in [7, 11) is 1.84. The van der Waals surface area contributed by atoms with E-state index in [0.29, 0.717) is 34.5 Å². The number of H-pyrrole nitrogens is 1. The lowest BCUT2D eigenvalue weighted by Gasteiger charge is -2.13. The smallest absolute Gasteiger partial charge is 0.183 e. The number of nitriles is 1. The molecule has 0 radical (unpaired) electrons. The van der Waals surface area contributed by atoms with Gasteiger partial charge in [-0.15, -0.1) is 0 Å². The first-order valence-corrected chi connectivity index (χ1v) is 10.7. The molecule has 0 saturated carbocycles. The molecular formula is C24H19ClN8. The van der Waals surface area contributed by atoms with Crippen LogP contribution in [0.15, 0.2) is 60.9 Å². The summed E-state index contributed by atoms with van der Waals surface area (Å²) in [6.45, 7) is 0.612. The lowest BCUT2D eigenvalue weighted by Crippen LogP contribution is -2.10. The minimum Gasteiger partial charge on any atom is -0.367 e. The molecule has 0 aliphatic heterocycles. The Morgan fingerprint density at radius 2 is 1.97 bits per heavy atom. The zero-order valence-electron chi connectivity index (χ0n) is 17.7. The van der Waals surface area contributed by atoms with Crippen molar-refractivity contribution in [2.45, 2.75) is 6.42 Å². The summed E-state index contributed by atoms with van der Waals surface area (Å²) in [6, 6.07) is 17.9. The van der Waals surface area contributed by atoms with Crippen molar-refractivity contribution in [3.8, 4) is 28.7 Å². The van der Waals surface area contributed by atoms with Crippen molar-refractivity contribution in [3.05, 3.63) is 77.2 Å². The first-order valence-electron chi connectivity index (χ1n) is 10.4. The Balaban J connectivity index is 1.58. The van der Waals surface area contributed by atoms with Gasteiger partial charge in [0.1, 0.15) is 23.2 Å². The average molecular weight is 455 g/mol. The monoisotopic (exact) mass is 454 g/mol. The maximum absolute atomic E-state index is 9.81. The Hall–Kier alpha value is -4.22. The number of nitrogens with zero attached hydrogens (tertiary/aromatic N) is 6. The summed E-state index contributed by atoms with van der Waals surface area (Å²) in [6.07, 6.45) is 4.33. The topological polar surface area (TPSA) is 108 Å². The van der Waals surface area contributed by atoms with Crippen LogP contribution < -0.4 is 5.32 Å². The number of halogens is 1. The number of rotatable bonds is 6. The van der Waals surface area contributed by atoms with Crippen molar-refractivity contribution < 1.29 is 0 Å². The largest absolute Gasteiger partial charge is 0.367 e. The second-order valence-electron chi connectivity index (χ2n) is 7.56. The molecule has 5 rings (SSSR count). The van der Waals surface area contributed by atoms with Crippen molar-refractivity contribution in [3.63, 3.8) is 0 Å². The van der Waals surface area contributed by atoms with Gasteiger partial charge in [-0.05, 0) is 30.2 Å². The highest BCUT2D eigenvalue weighted by Crippen LogP contribution is 2.34. The van der Waals surface area contributed by atoms with Crippen LogP contribution in [0.1, 0.15) is 11.3 Å². The minimum absolute atomic E-state index is 0.209. The summed E-state index contributed by atoms with van der Waals surface area (Å²) < 4.78 is 1.70. The molecule has 3 heterocycles.